The fourth-order valence-corrected chi connectivity index (χ4v) is 2.33. The Hall–Kier alpha value is -3.02. The number of hydrogen-bond donors (Lipinski definition) is 2. The minimum absolute atomic E-state index is 0.115. The van der Waals surface area contributed by atoms with Gasteiger partial charge in [0.2, 0.25) is 0 Å². The number of anilines is 1. The monoisotopic (exact) mass is 312 g/mol. The number of nitrogens with one attached hydrogen (secondary N) is 2. The molecule has 118 valence electrons. The van der Waals surface area contributed by atoms with Crippen LogP contribution in [0.5, 0.6) is 5.75 Å². The van der Waals surface area contributed by atoms with Crippen molar-refractivity contribution in [1.29, 1.82) is 0 Å². The topological polar surface area (TPSA) is 76.7 Å². The molecule has 6 heteroatoms. The third-order valence-corrected chi connectivity index (χ3v) is 3.54. The molecule has 0 aromatic heterocycles. The van der Waals surface area contributed by atoms with Crippen LogP contribution in [0.2, 0.25) is 0 Å². The lowest BCUT2D eigenvalue weighted by molar-refractivity contribution is -0.142. The van der Waals surface area contributed by atoms with Gasteiger partial charge in [-0.05, 0) is 29.8 Å². The van der Waals surface area contributed by atoms with Crippen LogP contribution in [0.25, 0.3) is 0 Å². The van der Waals surface area contributed by atoms with Crippen LogP contribution < -0.4 is 15.4 Å². The van der Waals surface area contributed by atoms with Gasteiger partial charge in [0.25, 0.3) is 5.91 Å². The van der Waals surface area contributed by atoms with Gasteiger partial charge in [-0.15, -0.1) is 0 Å². The summed E-state index contributed by atoms with van der Waals surface area (Å²) >= 11 is 0. The summed E-state index contributed by atoms with van der Waals surface area (Å²) in [5, 5.41) is 6.18. The second-order valence-electron chi connectivity index (χ2n) is 5.03. The van der Waals surface area contributed by atoms with E-state index in [9.17, 15) is 9.59 Å². The largest absolute Gasteiger partial charge is 0.482 e. The van der Waals surface area contributed by atoms with Crippen LogP contribution in [0.3, 0.4) is 0 Å². The Morgan fingerprint density at radius 3 is 2.57 bits per heavy atom. The molecule has 0 aliphatic carbocycles. The van der Waals surface area contributed by atoms with Gasteiger partial charge in [-0.1, -0.05) is 24.3 Å². The highest BCUT2D eigenvalue weighted by molar-refractivity contribution is 6.01. The van der Waals surface area contributed by atoms with Gasteiger partial charge in [-0.25, -0.2) is 4.79 Å². The van der Waals surface area contributed by atoms with Crippen molar-refractivity contribution >= 4 is 17.6 Å². The standard InChI is InChI=1S/C17H16N2O4/c1-22-15(20)10-23-12-8-6-11(7-9-12)16-18-14-5-3-2-4-13(14)17(21)19-16/h2-9,16,18H,10H2,1H3,(H,19,21)/t16-/m0/s1. The SMILES string of the molecule is COC(=O)COc1ccc([C@@H]2NC(=O)c3ccccc3N2)cc1. The third-order valence-electron chi connectivity index (χ3n) is 3.54. The van der Waals surface area contributed by atoms with Gasteiger partial charge in [0.05, 0.1) is 12.7 Å². The lowest BCUT2D eigenvalue weighted by Crippen LogP contribution is -2.38. The van der Waals surface area contributed by atoms with Crippen LogP contribution >= 0.6 is 0 Å². The predicted octanol–water partition coefficient (Wildman–Crippen LogP) is 2.09. The molecule has 0 bridgehead atoms. The fourth-order valence-electron chi connectivity index (χ4n) is 2.33. The fraction of sp³-hybridized carbons (Fsp3) is 0.176. The summed E-state index contributed by atoms with van der Waals surface area (Å²) in [5.74, 6) is 0.00366. The van der Waals surface area contributed by atoms with Gasteiger partial charge in [0, 0.05) is 5.69 Å². The van der Waals surface area contributed by atoms with E-state index in [2.05, 4.69) is 15.4 Å². The number of para-hydroxylation sites is 1. The summed E-state index contributed by atoms with van der Waals surface area (Å²) in [5.41, 5.74) is 2.31. The molecule has 1 aliphatic rings. The Bertz CT molecular complexity index is 728. The first-order chi connectivity index (χ1) is 11.2. The molecule has 1 amide bonds. The number of carbonyl (C=O) groups is 2. The number of esters is 1. The van der Waals surface area contributed by atoms with Crippen molar-refractivity contribution in [3.63, 3.8) is 0 Å². The van der Waals surface area contributed by atoms with Crippen LogP contribution in [0, 0.1) is 0 Å². The maximum atomic E-state index is 12.1. The van der Waals surface area contributed by atoms with E-state index in [0.717, 1.165) is 11.3 Å². The van der Waals surface area contributed by atoms with E-state index < -0.39 is 5.97 Å². The third kappa shape index (κ3) is 3.26. The maximum absolute atomic E-state index is 12.1. The van der Waals surface area contributed by atoms with Gasteiger partial charge >= 0.3 is 5.97 Å². The zero-order valence-corrected chi connectivity index (χ0v) is 12.5. The van der Waals surface area contributed by atoms with E-state index in [1.54, 1.807) is 18.2 Å². The van der Waals surface area contributed by atoms with Crippen LogP contribution in [-0.4, -0.2) is 25.6 Å². The molecule has 0 spiro atoms. The van der Waals surface area contributed by atoms with Crippen molar-refractivity contribution in [2.75, 3.05) is 19.0 Å². The van der Waals surface area contributed by atoms with Gasteiger partial charge in [-0.3, -0.25) is 4.79 Å². The number of hydrogen-bond acceptors (Lipinski definition) is 5. The average molecular weight is 312 g/mol. The molecule has 23 heavy (non-hydrogen) atoms. The van der Waals surface area contributed by atoms with E-state index in [1.807, 2.05) is 30.3 Å². The summed E-state index contributed by atoms with van der Waals surface area (Å²) in [4.78, 5) is 23.2. The molecule has 0 fully saturated rings. The first kappa shape index (κ1) is 14.9. The van der Waals surface area contributed by atoms with E-state index in [1.165, 1.54) is 7.11 Å². The van der Waals surface area contributed by atoms with Crippen molar-refractivity contribution in [2.24, 2.45) is 0 Å². The van der Waals surface area contributed by atoms with Crippen molar-refractivity contribution < 1.29 is 19.1 Å². The van der Waals surface area contributed by atoms with Crippen LogP contribution in [0.15, 0.2) is 48.5 Å². The zero-order valence-electron chi connectivity index (χ0n) is 12.5. The van der Waals surface area contributed by atoms with Crippen molar-refractivity contribution in [1.82, 2.24) is 5.32 Å². The molecule has 0 saturated heterocycles. The first-order valence-corrected chi connectivity index (χ1v) is 7.13. The Morgan fingerprint density at radius 1 is 1.09 bits per heavy atom. The molecule has 6 nitrogen and oxygen atoms in total. The molecule has 0 unspecified atom stereocenters. The lowest BCUT2D eigenvalue weighted by Gasteiger charge is -2.28. The van der Waals surface area contributed by atoms with E-state index in [0.29, 0.717) is 11.3 Å². The number of ether oxygens (including phenoxy) is 2. The second-order valence-corrected chi connectivity index (χ2v) is 5.03. The van der Waals surface area contributed by atoms with Gasteiger partial charge in [0.15, 0.2) is 6.61 Å². The number of fused-ring (bicyclic) bond motifs is 1. The Kier molecular flexibility index (Phi) is 4.14. The second kappa shape index (κ2) is 6.39. The number of carbonyl (C=O) groups excluding carboxylic acids is 2. The molecule has 1 heterocycles. The molecule has 0 radical (unpaired) electrons. The minimum atomic E-state index is -0.438. The van der Waals surface area contributed by atoms with Crippen molar-refractivity contribution in [2.45, 2.75) is 6.17 Å². The molecule has 1 atom stereocenters. The van der Waals surface area contributed by atoms with Gasteiger partial charge in [0.1, 0.15) is 11.9 Å². The zero-order chi connectivity index (χ0) is 16.2. The number of methoxy groups -OCH3 is 1. The van der Waals surface area contributed by atoms with Crippen molar-refractivity contribution in [3.8, 4) is 5.75 Å². The smallest absolute Gasteiger partial charge is 0.343 e. The molecule has 1 aliphatic heterocycles. The minimum Gasteiger partial charge on any atom is -0.482 e. The predicted molar refractivity (Wildman–Crippen MR) is 84.2 cm³/mol. The van der Waals surface area contributed by atoms with Crippen LogP contribution in [-0.2, 0) is 9.53 Å². The summed E-state index contributed by atoms with van der Waals surface area (Å²) in [6, 6.07) is 14.5. The molecule has 2 N–H and O–H groups in total. The maximum Gasteiger partial charge on any atom is 0.343 e. The van der Waals surface area contributed by atoms with Crippen LogP contribution in [0.4, 0.5) is 5.69 Å². The van der Waals surface area contributed by atoms with Crippen LogP contribution in [0.1, 0.15) is 22.1 Å². The lowest BCUT2D eigenvalue weighted by atomic mass is 10.1. The van der Waals surface area contributed by atoms with Crippen molar-refractivity contribution in [3.05, 3.63) is 59.7 Å². The summed E-state index contributed by atoms with van der Waals surface area (Å²) in [6.07, 6.45) is -0.313. The number of benzene rings is 2. The molecule has 2 aromatic rings. The van der Waals surface area contributed by atoms with Gasteiger partial charge < -0.3 is 20.1 Å². The number of rotatable bonds is 4. The molecule has 0 saturated carbocycles. The summed E-state index contributed by atoms with van der Waals surface area (Å²) in [6.45, 7) is -0.137. The highest BCUT2D eigenvalue weighted by Gasteiger charge is 2.23. The molecular formula is C17H16N2O4. The Balaban J connectivity index is 1.71. The Morgan fingerprint density at radius 2 is 1.83 bits per heavy atom. The molecule has 2 aromatic carbocycles. The molecule has 3 rings (SSSR count). The highest BCUT2D eigenvalue weighted by atomic mass is 16.6. The average Bonchev–Trinajstić information content (AvgIpc) is 2.60. The van der Waals surface area contributed by atoms with E-state index in [-0.39, 0.29) is 18.7 Å². The highest BCUT2D eigenvalue weighted by Crippen LogP contribution is 2.27. The van der Waals surface area contributed by atoms with E-state index >= 15 is 0 Å². The Labute approximate surface area is 133 Å². The number of amides is 1. The summed E-state index contributed by atoms with van der Waals surface area (Å²) < 4.78 is 9.81. The first-order valence-electron chi connectivity index (χ1n) is 7.13. The summed E-state index contributed by atoms with van der Waals surface area (Å²) in [7, 11) is 1.31. The quantitative estimate of drug-likeness (QED) is 0.846. The van der Waals surface area contributed by atoms with Gasteiger partial charge in [-0.2, -0.15) is 0 Å². The molecular weight excluding hydrogens is 296 g/mol. The van der Waals surface area contributed by atoms with E-state index in [4.69, 9.17) is 4.74 Å². The normalized spacial score (nSPS) is 15.9.